The molecule has 0 spiro atoms. The lowest BCUT2D eigenvalue weighted by Gasteiger charge is -2.29. The predicted octanol–water partition coefficient (Wildman–Crippen LogP) is 5.85. The monoisotopic (exact) mass is 687 g/mol. The summed E-state index contributed by atoms with van der Waals surface area (Å²) in [6.45, 7) is 3.53. The highest BCUT2D eigenvalue weighted by Crippen LogP contribution is 2.35. The van der Waals surface area contributed by atoms with Crippen molar-refractivity contribution in [2.75, 3.05) is 19.3 Å². The minimum atomic E-state index is -4.76. The van der Waals surface area contributed by atoms with Crippen LogP contribution in [0.1, 0.15) is 50.3 Å². The number of ether oxygens (including phenoxy) is 1. The third kappa shape index (κ3) is 10.1. The zero-order valence-electron chi connectivity index (χ0n) is 27.0. The zero-order chi connectivity index (χ0) is 35.1. The second kappa shape index (κ2) is 15.8. The van der Waals surface area contributed by atoms with Crippen LogP contribution >= 0.6 is 0 Å². The molecule has 3 aromatic carbocycles. The number of carbonyl (C=O) groups is 3. The van der Waals surface area contributed by atoms with Crippen LogP contribution < -0.4 is 10.6 Å². The number of alkyl halides is 3. The van der Waals surface area contributed by atoms with Gasteiger partial charge in [-0.25, -0.2) is 13.2 Å². The summed E-state index contributed by atoms with van der Waals surface area (Å²) >= 11 is 0. The molecule has 48 heavy (non-hydrogen) atoms. The van der Waals surface area contributed by atoms with Gasteiger partial charge in [0, 0.05) is 12.8 Å². The van der Waals surface area contributed by atoms with Crippen LogP contribution in [0.15, 0.2) is 83.8 Å². The summed E-state index contributed by atoms with van der Waals surface area (Å²) < 4.78 is 72.2. The number of benzene rings is 3. The topological polar surface area (TPSA) is 122 Å². The maximum absolute atomic E-state index is 14.5. The van der Waals surface area contributed by atoms with Crippen molar-refractivity contribution in [2.24, 2.45) is 5.92 Å². The van der Waals surface area contributed by atoms with E-state index in [0.29, 0.717) is 17.5 Å². The molecule has 0 aromatic heterocycles. The van der Waals surface area contributed by atoms with Crippen molar-refractivity contribution >= 4 is 27.6 Å². The molecule has 0 aliphatic carbocycles. The van der Waals surface area contributed by atoms with Crippen molar-refractivity contribution < 1.29 is 40.7 Å². The number of rotatable bonds is 11. The Labute approximate surface area is 278 Å². The average Bonchev–Trinajstić information content (AvgIpc) is 3.22. The quantitative estimate of drug-likeness (QED) is 0.259. The number of amides is 2. The molecule has 3 aromatic rings. The normalized spacial score (nSPS) is 17.0. The van der Waals surface area contributed by atoms with E-state index in [1.165, 1.54) is 41.3 Å². The van der Waals surface area contributed by atoms with Gasteiger partial charge in [0.2, 0.25) is 5.91 Å². The summed E-state index contributed by atoms with van der Waals surface area (Å²) in [5.41, 5.74) is 1.88. The van der Waals surface area contributed by atoms with Crippen LogP contribution in [0.25, 0.3) is 11.1 Å². The van der Waals surface area contributed by atoms with Crippen molar-refractivity contribution in [3.63, 3.8) is 0 Å². The fourth-order valence-corrected chi connectivity index (χ4v) is 6.11. The Morgan fingerprint density at radius 2 is 1.56 bits per heavy atom. The first-order chi connectivity index (χ1) is 22.6. The molecular weight excluding hydrogens is 647 g/mol. The molecule has 1 aliphatic rings. The molecule has 3 atom stereocenters. The molecular formula is C35H40F3N3O6S. The number of carbonyl (C=O) groups excluding carboxylic acids is 3. The molecule has 2 N–H and O–H groups in total. The van der Waals surface area contributed by atoms with Crippen LogP contribution in [0, 0.1) is 5.92 Å². The first-order valence-electron chi connectivity index (χ1n) is 15.6. The SMILES string of the molecule is CC(C)C[C@H](N[C@@H](c1ccc(-c2ccc(S(C)(=O)=O)cc2)cc1)C(F)(F)F)C(=O)NC1CCCN(C(=O)OCc2ccccc2)CC1=O. The third-order valence-electron chi connectivity index (χ3n) is 8.01. The number of Topliss-reactive ketones (excluding diaryl/α,β-unsaturated/α-hetero) is 1. The predicted molar refractivity (Wildman–Crippen MR) is 175 cm³/mol. The second-order valence-corrected chi connectivity index (χ2v) is 14.4. The summed E-state index contributed by atoms with van der Waals surface area (Å²) in [6.07, 6.45) is -3.66. The molecule has 1 fully saturated rings. The first kappa shape index (κ1) is 36.6. The molecule has 4 rings (SSSR count). The lowest BCUT2D eigenvalue weighted by molar-refractivity contribution is -0.161. The number of nitrogens with zero attached hydrogens (tertiary/aromatic N) is 1. The van der Waals surface area contributed by atoms with Crippen LogP contribution in [0.5, 0.6) is 0 Å². The van der Waals surface area contributed by atoms with Crippen molar-refractivity contribution in [1.29, 1.82) is 0 Å². The van der Waals surface area contributed by atoms with Crippen LogP contribution in [0.4, 0.5) is 18.0 Å². The Morgan fingerprint density at radius 1 is 0.958 bits per heavy atom. The van der Waals surface area contributed by atoms with Crippen LogP contribution in [0.3, 0.4) is 0 Å². The van der Waals surface area contributed by atoms with Crippen molar-refractivity contribution in [2.45, 2.75) is 68.9 Å². The summed E-state index contributed by atoms with van der Waals surface area (Å²) in [6, 6.07) is 16.3. The summed E-state index contributed by atoms with van der Waals surface area (Å²) in [5.74, 6) is -1.33. The number of likely N-dealkylation sites (tertiary alicyclic amines) is 1. The Hall–Kier alpha value is -4.23. The van der Waals surface area contributed by atoms with E-state index in [1.807, 2.05) is 18.2 Å². The van der Waals surface area contributed by atoms with Gasteiger partial charge in [0.1, 0.15) is 12.6 Å². The number of halogens is 3. The summed E-state index contributed by atoms with van der Waals surface area (Å²) in [7, 11) is -3.40. The van der Waals surface area contributed by atoms with E-state index >= 15 is 0 Å². The first-order valence-corrected chi connectivity index (χ1v) is 17.5. The van der Waals surface area contributed by atoms with Gasteiger partial charge >= 0.3 is 12.3 Å². The number of ketones is 1. The summed E-state index contributed by atoms with van der Waals surface area (Å²) in [5, 5.41) is 5.15. The van der Waals surface area contributed by atoms with Crippen LogP contribution in [-0.2, 0) is 30.8 Å². The lowest BCUT2D eigenvalue weighted by Crippen LogP contribution is -2.53. The minimum Gasteiger partial charge on any atom is -0.445 e. The van der Waals surface area contributed by atoms with Gasteiger partial charge < -0.3 is 15.0 Å². The van der Waals surface area contributed by atoms with Gasteiger partial charge in [0.25, 0.3) is 0 Å². The van der Waals surface area contributed by atoms with Gasteiger partial charge in [-0.15, -0.1) is 0 Å². The van der Waals surface area contributed by atoms with Crippen LogP contribution in [-0.4, -0.2) is 68.7 Å². The Balaban J connectivity index is 1.44. The van der Waals surface area contributed by atoms with E-state index in [0.717, 1.165) is 11.8 Å². The zero-order valence-corrected chi connectivity index (χ0v) is 27.8. The molecule has 1 heterocycles. The molecule has 0 bridgehead atoms. The molecule has 9 nitrogen and oxygen atoms in total. The van der Waals surface area contributed by atoms with E-state index in [2.05, 4.69) is 10.6 Å². The molecule has 1 unspecified atom stereocenters. The van der Waals surface area contributed by atoms with Crippen molar-refractivity contribution in [3.05, 3.63) is 90.0 Å². The van der Waals surface area contributed by atoms with Crippen molar-refractivity contribution in [3.8, 4) is 11.1 Å². The molecule has 2 amide bonds. The number of hydrogen-bond acceptors (Lipinski definition) is 7. The Kier molecular flexibility index (Phi) is 12.0. The molecule has 1 saturated heterocycles. The maximum atomic E-state index is 14.5. The van der Waals surface area contributed by atoms with Crippen molar-refractivity contribution in [1.82, 2.24) is 15.5 Å². The van der Waals surface area contributed by atoms with Crippen LogP contribution in [0.2, 0.25) is 0 Å². The van der Waals surface area contributed by atoms with Gasteiger partial charge in [-0.1, -0.05) is 80.6 Å². The largest absolute Gasteiger partial charge is 0.445 e. The number of nitrogens with one attached hydrogen (secondary N) is 2. The van der Waals surface area contributed by atoms with Gasteiger partial charge in [-0.05, 0) is 59.6 Å². The van der Waals surface area contributed by atoms with Gasteiger partial charge in [-0.2, -0.15) is 13.2 Å². The lowest BCUT2D eigenvalue weighted by atomic mass is 9.97. The molecule has 258 valence electrons. The highest BCUT2D eigenvalue weighted by Gasteiger charge is 2.43. The Morgan fingerprint density at radius 3 is 2.12 bits per heavy atom. The maximum Gasteiger partial charge on any atom is 0.410 e. The van der Waals surface area contributed by atoms with E-state index in [1.54, 1.807) is 38.1 Å². The Bertz CT molecular complexity index is 1660. The van der Waals surface area contributed by atoms with E-state index < -0.39 is 51.9 Å². The molecule has 0 saturated carbocycles. The fourth-order valence-electron chi connectivity index (χ4n) is 5.48. The molecule has 0 radical (unpaired) electrons. The summed E-state index contributed by atoms with van der Waals surface area (Å²) in [4.78, 5) is 40.6. The van der Waals surface area contributed by atoms with Gasteiger partial charge in [0.15, 0.2) is 15.6 Å². The van der Waals surface area contributed by atoms with E-state index in [4.69, 9.17) is 4.74 Å². The second-order valence-electron chi connectivity index (χ2n) is 12.4. The smallest absolute Gasteiger partial charge is 0.410 e. The van der Waals surface area contributed by atoms with E-state index in [-0.39, 0.29) is 48.9 Å². The number of sulfone groups is 1. The highest BCUT2D eigenvalue weighted by molar-refractivity contribution is 7.90. The standard InChI is InChI=1S/C35H40F3N3O6S/c1-23(2)20-30(33(43)40-29-10-7-19-41(21-31(29)42)34(44)47-22-24-8-5-4-6-9-24)39-32(35(36,37)38)27-13-11-25(12-14-27)26-15-17-28(18-16-26)48(3,45)46/h4-6,8-9,11-18,23,29-30,32,39H,7,10,19-22H2,1-3H3,(H,40,43)/t29?,30-,32-/m0/s1. The molecule has 1 aliphatic heterocycles. The minimum absolute atomic E-state index is 0.0364. The highest BCUT2D eigenvalue weighted by atomic mass is 32.2. The molecule has 13 heteroatoms. The third-order valence-corrected chi connectivity index (χ3v) is 9.14. The number of hydrogen-bond donors (Lipinski definition) is 2. The van der Waals surface area contributed by atoms with Gasteiger partial charge in [-0.3, -0.25) is 14.9 Å². The van der Waals surface area contributed by atoms with Gasteiger partial charge in [0.05, 0.1) is 23.5 Å². The fraction of sp³-hybridized carbons (Fsp3) is 0.400. The van der Waals surface area contributed by atoms with E-state index in [9.17, 15) is 36.0 Å². The average molecular weight is 688 g/mol.